The van der Waals surface area contributed by atoms with Crippen LogP contribution in [0.2, 0.25) is 5.02 Å². The largest absolute Gasteiger partial charge is 0.394 e. The molecule has 106 valence electrons. The van der Waals surface area contributed by atoms with Gasteiger partial charge < -0.3 is 10.4 Å². The monoisotopic (exact) mass is 294 g/mol. The summed E-state index contributed by atoms with van der Waals surface area (Å²) in [5.41, 5.74) is 2.16. The normalized spacial score (nSPS) is 10.6. The molecule has 0 aliphatic heterocycles. The van der Waals surface area contributed by atoms with Crippen LogP contribution in [0.5, 0.6) is 0 Å². The molecule has 0 spiro atoms. The minimum Gasteiger partial charge on any atom is -0.394 e. The standard InChI is InChI=1S/C13H15ClN4O2/c1-9-2-3-15-6-10(9)7-16-11-8-17-18(4-5-19)13(20)12(11)14/h2-3,6,8,16,19H,4-5,7H2,1H3. The average molecular weight is 295 g/mol. The Bertz CT molecular complexity index is 657. The fourth-order valence-corrected chi connectivity index (χ4v) is 1.93. The highest BCUT2D eigenvalue weighted by atomic mass is 35.5. The molecule has 2 heterocycles. The number of hydrogen-bond acceptors (Lipinski definition) is 5. The SMILES string of the molecule is Cc1ccncc1CNc1cnn(CCO)c(=O)c1Cl. The Morgan fingerprint density at radius 2 is 2.25 bits per heavy atom. The third kappa shape index (κ3) is 3.15. The summed E-state index contributed by atoms with van der Waals surface area (Å²) in [7, 11) is 0. The predicted octanol–water partition coefficient (Wildman–Crippen LogP) is 1.20. The van der Waals surface area contributed by atoms with E-state index in [-0.39, 0.29) is 18.2 Å². The Hall–Kier alpha value is -1.92. The van der Waals surface area contributed by atoms with Crippen LogP contribution in [0.1, 0.15) is 11.1 Å². The molecule has 0 aromatic carbocycles. The number of hydrogen-bond donors (Lipinski definition) is 2. The molecule has 6 nitrogen and oxygen atoms in total. The number of nitrogens with one attached hydrogen (secondary N) is 1. The molecule has 20 heavy (non-hydrogen) atoms. The minimum atomic E-state index is -0.423. The number of pyridine rings is 1. The van der Waals surface area contributed by atoms with Gasteiger partial charge in [-0.05, 0) is 24.1 Å². The molecular formula is C13H15ClN4O2. The van der Waals surface area contributed by atoms with Gasteiger partial charge in [-0.1, -0.05) is 11.6 Å². The number of anilines is 1. The van der Waals surface area contributed by atoms with E-state index in [1.807, 2.05) is 13.0 Å². The highest BCUT2D eigenvalue weighted by Gasteiger charge is 2.09. The summed E-state index contributed by atoms with van der Waals surface area (Å²) < 4.78 is 1.13. The van der Waals surface area contributed by atoms with Crippen molar-refractivity contribution in [3.63, 3.8) is 0 Å². The number of nitrogens with zero attached hydrogens (tertiary/aromatic N) is 3. The van der Waals surface area contributed by atoms with Crippen molar-refractivity contribution in [2.45, 2.75) is 20.0 Å². The zero-order valence-corrected chi connectivity index (χ0v) is 11.8. The fourth-order valence-electron chi connectivity index (χ4n) is 1.71. The quantitative estimate of drug-likeness (QED) is 0.866. The lowest BCUT2D eigenvalue weighted by molar-refractivity contribution is 0.266. The fraction of sp³-hybridized carbons (Fsp3) is 0.308. The van der Waals surface area contributed by atoms with Crippen molar-refractivity contribution in [3.05, 3.63) is 51.2 Å². The molecule has 2 aromatic rings. The second-order valence-electron chi connectivity index (χ2n) is 4.28. The van der Waals surface area contributed by atoms with Gasteiger partial charge in [-0.2, -0.15) is 5.10 Å². The first-order valence-electron chi connectivity index (χ1n) is 6.13. The van der Waals surface area contributed by atoms with E-state index < -0.39 is 5.56 Å². The highest BCUT2D eigenvalue weighted by Crippen LogP contribution is 2.17. The number of halogens is 1. The van der Waals surface area contributed by atoms with E-state index in [2.05, 4.69) is 15.4 Å². The van der Waals surface area contributed by atoms with E-state index in [4.69, 9.17) is 16.7 Å². The van der Waals surface area contributed by atoms with E-state index >= 15 is 0 Å². The number of aliphatic hydroxyl groups is 1. The smallest absolute Gasteiger partial charge is 0.287 e. The van der Waals surface area contributed by atoms with Crippen molar-refractivity contribution in [2.24, 2.45) is 0 Å². The minimum absolute atomic E-state index is 0.0648. The van der Waals surface area contributed by atoms with E-state index in [0.717, 1.165) is 15.8 Å². The topological polar surface area (TPSA) is 80.0 Å². The Morgan fingerprint density at radius 1 is 1.45 bits per heavy atom. The number of aliphatic hydroxyl groups excluding tert-OH is 1. The maximum atomic E-state index is 11.9. The van der Waals surface area contributed by atoms with Gasteiger partial charge in [-0.25, -0.2) is 4.68 Å². The Labute approximate surface area is 121 Å². The molecule has 0 bridgehead atoms. The van der Waals surface area contributed by atoms with Crippen LogP contribution in [-0.4, -0.2) is 26.5 Å². The van der Waals surface area contributed by atoms with Crippen molar-refractivity contribution >= 4 is 17.3 Å². The van der Waals surface area contributed by atoms with Crippen LogP contribution in [0, 0.1) is 6.92 Å². The Kier molecular flexibility index (Phi) is 4.70. The summed E-state index contributed by atoms with van der Waals surface area (Å²) in [6.45, 7) is 2.45. The van der Waals surface area contributed by atoms with Gasteiger partial charge in [0.15, 0.2) is 0 Å². The van der Waals surface area contributed by atoms with Gasteiger partial charge in [0.1, 0.15) is 5.02 Å². The molecular weight excluding hydrogens is 280 g/mol. The summed E-state index contributed by atoms with van der Waals surface area (Å²) >= 11 is 6.01. The summed E-state index contributed by atoms with van der Waals surface area (Å²) in [5, 5.41) is 15.9. The Balaban J connectivity index is 2.17. The third-order valence-corrected chi connectivity index (χ3v) is 3.28. The molecule has 0 saturated carbocycles. The van der Waals surface area contributed by atoms with Gasteiger partial charge in [0.25, 0.3) is 5.56 Å². The van der Waals surface area contributed by atoms with Gasteiger partial charge in [-0.15, -0.1) is 0 Å². The van der Waals surface area contributed by atoms with Crippen LogP contribution in [0.4, 0.5) is 5.69 Å². The maximum absolute atomic E-state index is 11.9. The van der Waals surface area contributed by atoms with Crippen molar-refractivity contribution in [2.75, 3.05) is 11.9 Å². The molecule has 2 rings (SSSR count). The first kappa shape index (κ1) is 14.5. The molecule has 0 fully saturated rings. The van der Waals surface area contributed by atoms with Crippen LogP contribution in [0.3, 0.4) is 0 Å². The van der Waals surface area contributed by atoms with Gasteiger partial charge in [0.2, 0.25) is 0 Å². The highest BCUT2D eigenvalue weighted by molar-refractivity contribution is 6.32. The molecule has 2 aromatic heterocycles. The Morgan fingerprint density at radius 3 is 2.95 bits per heavy atom. The summed E-state index contributed by atoms with van der Waals surface area (Å²) in [5.74, 6) is 0. The number of rotatable bonds is 5. The van der Waals surface area contributed by atoms with Crippen LogP contribution >= 0.6 is 11.6 Å². The third-order valence-electron chi connectivity index (χ3n) is 2.91. The molecule has 0 atom stereocenters. The molecule has 0 amide bonds. The molecule has 0 aliphatic rings. The molecule has 7 heteroatoms. The van der Waals surface area contributed by atoms with E-state index in [1.165, 1.54) is 6.20 Å². The van der Waals surface area contributed by atoms with Crippen LogP contribution in [0.15, 0.2) is 29.5 Å². The zero-order chi connectivity index (χ0) is 14.5. The molecule has 0 unspecified atom stereocenters. The lowest BCUT2D eigenvalue weighted by Crippen LogP contribution is -2.25. The van der Waals surface area contributed by atoms with Gasteiger partial charge in [-0.3, -0.25) is 9.78 Å². The summed E-state index contributed by atoms with van der Waals surface area (Å²) in [6.07, 6.45) is 4.96. The summed E-state index contributed by atoms with van der Waals surface area (Å²) in [4.78, 5) is 15.9. The maximum Gasteiger partial charge on any atom is 0.287 e. The lowest BCUT2D eigenvalue weighted by atomic mass is 10.1. The predicted molar refractivity (Wildman–Crippen MR) is 76.9 cm³/mol. The van der Waals surface area contributed by atoms with Crippen LogP contribution < -0.4 is 10.9 Å². The van der Waals surface area contributed by atoms with Gasteiger partial charge in [0, 0.05) is 18.9 Å². The number of aryl methyl sites for hydroxylation is 1. The van der Waals surface area contributed by atoms with Crippen molar-refractivity contribution in [3.8, 4) is 0 Å². The molecule has 0 saturated heterocycles. The first-order chi connectivity index (χ1) is 9.63. The molecule has 0 aliphatic carbocycles. The second kappa shape index (κ2) is 6.49. The molecule has 0 radical (unpaired) electrons. The van der Waals surface area contributed by atoms with E-state index in [1.54, 1.807) is 12.4 Å². The van der Waals surface area contributed by atoms with E-state index in [9.17, 15) is 4.79 Å². The second-order valence-corrected chi connectivity index (χ2v) is 4.66. The lowest BCUT2D eigenvalue weighted by Gasteiger charge is -2.10. The van der Waals surface area contributed by atoms with Gasteiger partial charge in [0.05, 0.1) is 25.0 Å². The summed E-state index contributed by atoms with van der Waals surface area (Å²) in [6, 6.07) is 1.91. The van der Waals surface area contributed by atoms with Crippen molar-refractivity contribution in [1.82, 2.24) is 14.8 Å². The average Bonchev–Trinajstić information content (AvgIpc) is 2.45. The van der Waals surface area contributed by atoms with Crippen molar-refractivity contribution < 1.29 is 5.11 Å². The van der Waals surface area contributed by atoms with Crippen LogP contribution in [0.25, 0.3) is 0 Å². The van der Waals surface area contributed by atoms with Gasteiger partial charge >= 0.3 is 0 Å². The molecule has 2 N–H and O–H groups in total. The van der Waals surface area contributed by atoms with Crippen molar-refractivity contribution in [1.29, 1.82) is 0 Å². The van der Waals surface area contributed by atoms with Crippen LogP contribution in [-0.2, 0) is 13.1 Å². The first-order valence-corrected chi connectivity index (χ1v) is 6.51. The number of aromatic nitrogens is 3. The van der Waals surface area contributed by atoms with E-state index in [0.29, 0.717) is 12.2 Å². The zero-order valence-electron chi connectivity index (χ0n) is 11.0.